The first-order valence-corrected chi connectivity index (χ1v) is 11.0. The van der Waals surface area contributed by atoms with E-state index in [4.69, 9.17) is 14.2 Å². The van der Waals surface area contributed by atoms with Gasteiger partial charge in [0.2, 0.25) is 0 Å². The Hall–Kier alpha value is -1.57. The van der Waals surface area contributed by atoms with Crippen LogP contribution in [0.3, 0.4) is 0 Å². The number of nitrogens with zero attached hydrogens (tertiary/aromatic N) is 1. The van der Waals surface area contributed by atoms with Crippen molar-refractivity contribution in [3.63, 3.8) is 0 Å². The van der Waals surface area contributed by atoms with Crippen LogP contribution in [0.25, 0.3) is 0 Å². The molecule has 0 saturated heterocycles. The van der Waals surface area contributed by atoms with Crippen LogP contribution in [0.1, 0.15) is 79.3 Å². The van der Waals surface area contributed by atoms with Crippen LogP contribution in [0.15, 0.2) is 18.3 Å². The first-order valence-electron chi connectivity index (χ1n) is 11.0. The highest BCUT2D eigenvalue weighted by atomic mass is 16.5. The van der Waals surface area contributed by atoms with E-state index in [0.29, 0.717) is 24.2 Å². The summed E-state index contributed by atoms with van der Waals surface area (Å²) in [4.78, 5) is 4.39. The van der Waals surface area contributed by atoms with Gasteiger partial charge < -0.3 is 14.2 Å². The highest BCUT2D eigenvalue weighted by molar-refractivity contribution is 5.31. The predicted molar refractivity (Wildman–Crippen MR) is 116 cm³/mol. The minimum absolute atomic E-state index is 0.0880. The van der Waals surface area contributed by atoms with E-state index in [0.717, 1.165) is 36.6 Å². The van der Waals surface area contributed by atoms with Crippen molar-refractivity contribution < 1.29 is 14.2 Å². The van der Waals surface area contributed by atoms with Gasteiger partial charge in [0, 0.05) is 19.3 Å². The second-order valence-electron chi connectivity index (χ2n) is 10.5. The van der Waals surface area contributed by atoms with Gasteiger partial charge in [0.1, 0.15) is 17.5 Å². The molecule has 0 N–H and O–H groups in total. The second kappa shape index (κ2) is 9.06. The third-order valence-corrected chi connectivity index (χ3v) is 5.73. The summed E-state index contributed by atoms with van der Waals surface area (Å²) in [5.41, 5.74) is 1.09. The topological polar surface area (TPSA) is 40.6 Å². The van der Waals surface area contributed by atoms with Gasteiger partial charge in [-0.3, -0.25) is 0 Å². The van der Waals surface area contributed by atoms with Gasteiger partial charge in [0.15, 0.2) is 0 Å². The van der Waals surface area contributed by atoms with Crippen LogP contribution in [0.2, 0.25) is 0 Å². The Bertz CT molecular complexity index is 706. The molecule has 2 aliphatic rings. The van der Waals surface area contributed by atoms with Gasteiger partial charge in [-0.1, -0.05) is 26.7 Å². The van der Waals surface area contributed by atoms with E-state index in [1.807, 2.05) is 12.1 Å². The summed E-state index contributed by atoms with van der Waals surface area (Å²) in [5, 5.41) is 0. The van der Waals surface area contributed by atoms with E-state index < -0.39 is 0 Å². The maximum absolute atomic E-state index is 5.96. The Morgan fingerprint density at radius 3 is 2.28 bits per heavy atom. The number of ether oxygens (including phenoxy) is 3. The maximum Gasteiger partial charge on any atom is 0.138 e. The average molecular weight is 400 g/mol. The SMILES string of the molecule is CC(C)(C)OC1CC(Oc2ccc(C#CCCOC3CC(C(C)(C)C)C3)nc2)C1. The molecule has 0 atom stereocenters. The lowest BCUT2D eigenvalue weighted by molar-refractivity contribution is -0.126. The first-order chi connectivity index (χ1) is 13.6. The number of hydrogen-bond acceptors (Lipinski definition) is 4. The van der Waals surface area contributed by atoms with Crippen molar-refractivity contribution in [3.05, 3.63) is 24.0 Å². The predicted octanol–water partition coefficient (Wildman–Crippen LogP) is 5.39. The molecular formula is C25H37NO3. The molecule has 0 aliphatic heterocycles. The second-order valence-corrected chi connectivity index (χ2v) is 10.5. The van der Waals surface area contributed by atoms with Gasteiger partial charge >= 0.3 is 0 Å². The number of pyridine rings is 1. The molecule has 0 bridgehead atoms. The molecular weight excluding hydrogens is 362 g/mol. The Labute approximate surface area is 176 Å². The smallest absolute Gasteiger partial charge is 0.138 e. The Morgan fingerprint density at radius 2 is 1.69 bits per heavy atom. The van der Waals surface area contributed by atoms with Crippen LogP contribution in [0.5, 0.6) is 5.75 Å². The minimum atomic E-state index is -0.0880. The summed E-state index contributed by atoms with van der Waals surface area (Å²) in [6, 6.07) is 3.87. The molecule has 2 aliphatic carbocycles. The summed E-state index contributed by atoms with van der Waals surface area (Å²) in [6.45, 7) is 13.9. The van der Waals surface area contributed by atoms with Crippen LogP contribution in [0.4, 0.5) is 0 Å². The quantitative estimate of drug-likeness (QED) is 0.475. The molecule has 0 unspecified atom stereocenters. The van der Waals surface area contributed by atoms with Crippen molar-refractivity contribution in [2.24, 2.45) is 11.3 Å². The van der Waals surface area contributed by atoms with Crippen LogP contribution in [-0.4, -0.2) is 35.5 Å². The minimum Gasteiger partial charge on any atom is -0.489 e. The van der Waals surface area contributed by atoms with E-state index in [1.54, 1.807) is 6.20 Å². The molecule has 1 heterocycles. The van der Waals surface area contributed by atoms with Gasteiger partial charge in [-0.05, 0) is 63.0 Å². The lowest BCUT2D eigenvalue weighted by Crippen LogP contribution is -2.43. The fraction of sp³-hybridized carbons (Fsp3) is 0.720. The third kappa shape index (κ3) is 7.01. The molecule has 2 fully saturated rings. The molecule has 3 rings (SSSR count). The molecule has 2 saturated carbocycles. The van der Waals surface area contributed by atoms with Gasteiger partial charge in [0.25, 0.3) is 0 Å². The zero-order chi connectivity index (χ0) is 21.1. The molecule has 4 nitrogen and oxygen atoms in total. The molecule has 0 amide bonds. The summed E-state index contributed by atoms with van der Waals surface area (Å²) in [6.07, 6.45) is 7.71. The molecule has 160 valence electrons. The Morgan fingerprint density at radius 1 is 0.966 bits per heavy atom. The zero-order valence-corrected chi connectivity index (χ0v) is 19.0. The monoisotopic (exact) mass is 399 g/mol. The first kappa shape index (κ1) is 22.1. The fourth-order valence-corrected chi connectivity index (χ4v) is 3.76. The van der Waals surface area contributed by atoms with Gasteiger partial charge in [-0.25, -0.2) is 4.98 Å². The van der Waals surface area contributed by atoms with Crippen molar-refractivity contribution in [2.45, 2.75) is 97.6 Å². The molecule has 0 radical (unpaired) electrons. The number of rotatable bonds is 6. The largest absolute Gasteiger partial charge is 0.489 e. The van der Waals surface area contributed by atoms with Gasteiger partial charge in [0.05, 0.1) is 30.6 Å². The zero-order valence-electron chi connectivity index (χ0n) is 19.0. The van der Waals surface area contributed by atoms with Crippen LogP contribution in [0, 0.1) is 23.2 Å². The summed E-state index contributed by atoms with van der Waals surface area (Å²) in [5.74, 6) is 7.87. The average Bonchev–Trinajstić information content (AvgIpc) is 2.53. The highest BCUT2D eigenvalue weighted by Crippen LogP contribution is 2.42. The van der Waals surface area contributed by atoms with E-state index >= 15 is 0 Å². The Kier molecular flexibility index (Phi) is 6.91. The van der Waals surface area contributed by atoms with E-state index in [9.17, 15) is 0 Å². The normalized spacial score (nSPS) is 26.7. The fourth-order valence-electron chi connectivity index (χ4n) is 3.76. The molecule has 29 heavy (non-hydrogen) atoms. The van der Waals surface area contributed by atoms with Crippen LogP contribution >= 0.6 is 0 Å². The van der Waals surface area contributed by atoms with Crippen molar-refractivity contribution in [3.8, 4) is 17.6 Å². The van der Waals surface area contributed by atoms with Crippen molar-refractivity contribution >= 4 is 0 Å². The summed E-state index contributed by atoms with van der Waals surface area (Å²) in [7, 11) is 0. The molecule has 1 aromatic rings. The molecule has 1 aromatic heterocycles. The molecule has 0 spiro atoms. The summed E-state index contributed by atoms with van der Waals surface area (Å²) >= 11 is 0. The maximum atomic E-state index is 5.96. The van der Waals surface area contributed by atoms with E-state index in [2.05, 4.69) is 58.4 Å². The lowest BCUT2D eigenvalue weighted by atomic mass is 9.67. The molecule has 4 heteroatoms. The Balaban J connectivity index is 1.31. The van der Waals surface area contributed by atoms with E-state index in [-0.39, 0.29) is 11.7 Å². The summed E-state index contributed by atoms with van der Waals surface area (Å²) < 4.78 is 17.8. The van der Waals surface area contributed by atoms with Gasteiger partial charge in [-0.15, -0.1) is 0 Å². The number of aromatic nitrogens is 1. The van der Waals surface area contributed by atoms with Crippen LogP contribution in [-0.2, 0) is 9.47 Å². The van der Waals surface area contributed by atoms with Crippen molar-refractivity contribution in [1.29, 1.82) is 0 Å². The number of hydrogen-bond donors (Lipinski definition) is 0. The van der Waals surface area contributed by atoms with E-state index in [1.165, 1.54) is 12.8 Å². The highest BCUT2D eigenvalue weighted by Gasteiger charge is 2.37. The van der Waals surface area contributed by atoms with Crippen molar-refractivity contribution in [1.82, 2.24) is 4.98 Å². The molecule has 0 aromatic carbocycles. The lowest BCUT2D eigenvalue weighted by Gasteiger charge is -2.43. The van der Waals surface area contributed by atoms with Crippen molar-refractivity contribution in [2.75, 3.05) is 6.61 Å². The van der Waals surface area contributed by atoms with Gasteiger partial charge in [-0.2, -0.15) is 0 Å². The van der Waals surface area contributed by atoms with Crippen LogP contribution < -0.4 is 4.74 Å². The third-order valence-electron chi connectivity index (χ3n) is 5.73. The standard InChI is InChI=1S/C25H37NO3/c1-24(2,3)18-13-21(14-18)27-12-8-7-9-19-10-11-20(17-26-19)28-22-15-23(16-22)29-25(4,5)6/h10-11,17-18,21-23H,8,12-16H2,1-6H3.